The molecular weight excluding hydrogens is 367 g/mol. The molecule has 0 aromatic heterocycles. The average Bonchev–Trinajstić information content (AvgIpc) is 2.58. The second-order valence-corrected chi connectivity index (χ2v) is 7.11. The van der Waals surface area contributed by atoms with Gasteiger partial charge in [0.05, 0.1) is 10.0 Å². The zero-order valence-corrected chi connectivity index (χ0v) is 15.1. The van der Waals surface area contributed by atoms with Gasteiger partial charge >= 0.3 is 0 Å². The molecule has 1 aliphatic heterocycles. The quantitative estimate of drug-likeness (QED) is 0.818. The molecule has 2 aromatic rings. The predicted octanol–water partition coefficient (Wildman–Crippen LogP) is 4.52. The van der Waals surface area contributed by atoms with E-state index in [1.54, 1.807) is 30.3 Å². The Bertz CT molecular complexity index is 734. The third kappa shape index (κ3) is 4.04. The Morgan fingerprint density at radius 1 is 1.04 bits per heavy atom. The van der Waals surface area contributed by atoms with Gasteiger partial charge in [-0.25, -0.2) is 0 Å². The van der Waals surface area contributed by atoms with E-state index in [1.165, 1.54) is 0 Å². The van der Waals surface area contributed by atoms with Gasteiger partial charge in [0.25, 0.3) is 5.91 Å². The summed E-state index contributed by atoms with van der Waals surface area (Å²) in [6, 6.07) is 12.6. The molecule has 2 atom stereocenters. The van der Waals surface area contributed by atoms with E-state index in [-0.39, 0.29) is 17.9 Å². The van der Waals surface area contributed by atoms with Crippen LogP contribution in [0.5, 0.6) is 0 Å². The smallest absolute Gasteiger partial charge is 0.251 e. The van der Waals surface area contributed by atoms with Gasteiger partial charge in [-0.3, -0.25) is 4.79 Å². The number of benzene rings is 2. The van der Waals surface area contributed by atoms with Crippen LogP contribution in [0.2, 0.25) is 15.1 Å². The van der Waals surface area contributed by atoms with Crippen molar-refractivity contribution in [2.24, 2.45) is 0 Å². The average molecular weight is 384 g/mol. The van der Waals surface area contributed by atoms with Crippen LogP contribution in [0.3, 0.4) is 0 Å². The first-order valence-electron chi connectivity index (χ1n) is 7.76. The molecule has 3 rings (SSSR count). The highest BCUT2D eigenvalue weighted by Crippen LogP contribution is 2.30. The van der Waals surface area contributed by atoms with Gasteiger partial charge in [-0.15, -0.1) is 0 Å². The minimum atomic E-state index is -0.0939. The Kier molecular flexibility index (Phi) is 5.67. The number of piperidine rings is 1. The van der Waals surface area contributed by atoms with Crippen LogP contribution < -0.4 is 10.6 Å². The second-order valence-electron chi connectivity index (χ2n) is 5.86. The van der Waals surface area contributed by atoms with Crippen LogP contribution in [-0.4, -0.2) is 25.0 Å². The van der Waals surface area contributed by atoms with E-state index in [4.69, 9.17) is 34.8 Å². The van der Waals surface area contributed by atoms with Crippen molar-refractivity contribution in [2.75, 3.05) is 13.1 Å². The van der Waals surface area contributed by atoms with E-state index in [0.29, 0.717) is 20.6 Å². The zero-order chi connectivity index (χ0) is 17.1. The molecule has 1 fully saturated rings. The number of rotatable bonds is 3. The van der Waals surface area contributed by atoms with Crippen molar-refractivity contribution in [3.8, 4) is 0 Å². The fraction of sp³-hybridized carbons (Fsp3) is 0.278. The minimum Gasteiger partial charge on any atom is -0.349 e. The monoisotopic (exact) mass is 382 g/mol. The molecule has 2 N–H and O–H groups in total. The fourth-order valence-electron chi connectivity index (χ4n) is 2.98. The number of halogens is 3. The van der Waals surface area contributed by atoms with Crippen LogP contribution in [0.1, 0.15) is 28.3 Å². The maximum Gasteiger partial charge on any atom is 0.251 e. The van der Waals surface area contributed by atoms with Crippen molar-refractivity contribution in [1.29, 1.82) is 0 Å². The first-order valence-corrected chi connectivity index (χ1v) is 8.90. The summed E-state index contributed by atoms with van der Waals surface area (Å²) >= 11 is 18.0. The molecule has 2 aromatic carbocycles. The van der Waals surface area contributed by atoms with E-state index in [2.05, 4.69) is 10.6 Å². The molecule has 1 unspecified atom stereocenters. The van der Waals surface area contributed by atoms with Gasteiger partial charge in [-0.2, -0.15) is 0 Å². The summed E-state index contributed by atoms with van der Waals surface area (Å²) in [4.78, 5) is 12.5. The Hall–Kier alpha value is -1.26. The van der Waals surface area contributed by atoms with Crippen molar-refractivity contribution < 1.29 is 4.79 Å². The Morgan fingerprint density at radius 3 is 2.50 bits per heavy atom. The van der Waals surface area contributed by atoms with Gasteiger partial charge in [-0.05, 0) is 54.9 Å². The molecule has 1 heterocycles. The summed E-state index contributed by atoms with van der Waals surface area (Å²) in [5.74, 6) is 0.0494. The standard InChI is InChI=1S/C18H17Cl3N2O/c19-13-4-1-11(2-5-13)18(24)23-17-7-8-22-10-14(17)12-3-6-15(20)16(21)9-12/h1-6,9,14,17,22H,7-8,10H2,(H,23,24)/t14-,17?/m0/s1. The lowest BCUT2D eigenvalue weighted by molar-refractivity contribution is 0.0923. The number of carbonyl (C=O) groups is 1. The van der Waals surface area contributed by atoms with Crippen LogP contribution in [0, 0.1) is 0 Å². The first kappa shape index (κ1) is 17.6. The third-order valence-corrected chi connectivity index (χ3v) is 5.27. The maximum absolute atomic E-state index is 12.5. The Balaban J connectivity index is 1.78. The normalized spacial score (nSPS) is 20.6. The summed E-state index contributed by atoms with van der Waals surface area (Å²) < 4.78 is 0. The molecule has 24 heavy (non-hydrogen) atoms. The summed E-state index contributed by atoms with van der Waals surface area (Å²) in [6.45, 7) is 1.65. The molecular formula is C18H17Cl3N2O. The lowest BCUT2D eigenvalue weighted by atomic mass is 9.86. The molecule has 126 valence electrons. The highest BCUT2D eigenvalue weighted by Gasteiger charge is 2.28. The van der Waals surface area contributed by atoms with Crippen LogP contribution in [0.4, 0.5) is 0 Å². The topological polar surface area (TPSA) is 41.1 Å². The molecule has 1 aliphatic rings. The van der Waals surface area contributed by atoms with Gasteiger partial charge < -0.3 is 10.6 Å². The summed E-state index contributed by atoms with van der Waals surface area (Å²) in [5, 5.41) is 8.19. The fourth-order valence-corrected chi connectivity index (χ4v) is 3.41. The van der Waals surface area contributed by atoms with Crippen molar-refractivity contribution in [3.05, 3.63) is 68.7 Å². The zero-order valence-electron chi connectivity index (χ0n) is 12.9. The number of carbonyl (C=O) groups excluding carboxylic acids is 1. The molecule has 1 saturated heterocycles. The second kappa shape index (κ2) is 7.75. The molecule has 0 radical (unpaired) electrons. The van der Waals surface area contributed by atoms with Gasteiger partial charge in [0.2, 0.25) is 0 Å². The van der Waals surface area contributed by atoms with E-state index in [0.717, 1.165) is 25.1 Å². The Labute approximate surface area is 156 Å². The van der Waals surface area contributed by atoms with Gasteiger partial charge in [0.1, 0.15) is 0 Å². The molecule has 0 spiro atoms. The molecule has 1 amide bonds. The third-order valence-electron chi connectivity index (χ3n) is 4.28. The molecule has 0 bridgehead atoms. The Morgan fingerprint density at radius 2 is 1.79 bits per heavy atom. The SMILES string of the molecule is O=C(NC1CCNC[C@H]1c1ccc(Cl)c(Cl)c1)c1ccc(Cl)cc1. The largest absolute Gasteiger partial charge is 0.349 e. The minimum absolute atomic E-state index is 0.0340. The molecule has 0 aliphatic carbocycles. The van der Waals surface area contributed by atoms with E-state index < -0.39 is 0 Å². The van der Waals surface area contributed by atoms with Gasteiger partial charge in [0.15, 0.2) is 0 Å². The number of hydrogen-bond acceptors (Lipinski definition) is 2. The number of nitrogens with one attached hydrogen (secondary N) is 2. The van der Waals surface area contributed by atoms with E-state index in [1.807, 2.05) is 12.1 Å². The van der Waals surface area contributed by atoms with Gasteiger partial charge in [-0.1, -0.05) is 40.9 Å². The summed E-state index contributed by atoms with van der Waals surface area (Å²) in [6.07, 6.45) is 0.851. The van der Waals surface area contributed by atoms with E-state index >= 15 is 0 Å². The van der Waals surface area contributed by atoms with Crippen molar-refractivity contribution in [1.82, 2.24) is 10.6 Å². The first-order chi connectivity index (χ1) is 11.5. The van der Waals surface area contributed by atoms with Crippen LogP contribution in [0.25, 0.3) is 0 Å². The highest BCUT2D eigenvalue weighted by molar-refractivity contribution is 6.42. The highest BCUT2D eigenvalue weighted by atomic mass is 35.5. The number of amides is 1. The van der Waals surface area contributed by atoms with Crippen molar-refractivity contribution in [3.63, 3.8) is 0 Å². The summed E-state index contributed by atoms with van der Waals surface area (Å²) in [5.41, 5.74) is 1.67. The lowest BCUT2D eigenvalue weighted by Gasteiger charge is -2.33. The number of hydrogen-bond donors (Lipinski definition) is 2. The summed E-state index contributed by atoms with van der Waals surface area (Å²) in [7, 11) is 0. The van der Waals surface area contributed by atoms with Gasteiger partial charge in [0, 0.05) is 29.1 Å². The van der Waals surface area contributed by atoms with Crippen molar-refractivity contribution in [2.45, 2.75) is 18.4 Å². The van der Waals surface area contributed by atoms with E-state index in [9.17, 15) is 4.79 Å². The van der Waals surface area contributed by atoms with Crippen LogP contribution in [-0.2, 0) is 0 Å². The molecule has 6 heteroatoms. The molecule has 0 saturated carbocycles. The maximum atomic E-state index is 12.5. The van der Waals surface area contributed by atoms with Crippen molar-refractivity contribution >= 4 is 40.7 Å². The lowest BCUT2D eigenvalue weighted by Crippen LogP contribution is -2.48. The van der Waals surface area contributed by atoms with Crippen LogP contribution >= 0.6 is 34.8 Å². The molecule has 3 nitrogen and oxygen atoms in total. The van der Waals surface area contributed by atoms with Crippen LogP contribution in [0.15, 0.2) is 42.5 Å². The predicted molar refractivity (Wildman–Crippen MR) is 99.4 cm³/mol.